The number of hydrogen-bond donors (Lipinski definition) is 0. The molecule has 1 aromatic carbocycles. The number of nitrogens with zero attached hydrogens (tertiary/aromatic N) is 3. The van der Waals surface area contributed by atoms with Crippen molar-refractivity contribution < 1.29 is 9.53 Å². The van der Waals surface area contributed by atoms with E-state index in [1.165, 1.54) is 15.7 Å². The molecule has 0 spiro atoms. The lowest BCUT2D eigenvalue weighted by molar-refractivity contribution is -0.0413. The van der Waals surface area contributed by atoms with Crippen LogP contribution in [0, 0.1) is 3.70 Å². The summed E-state index contributed by atoms with van der Waals surface area (Å²) in [7, 11) is 0. The lowest BCUT2D eigenvalue weighted by Crippen LogP contribution is -2.36. The third-order valence-electron chi connectivity index (χ3n) is 4.74. The number of amides is 1. The van der Waals surface area contributed by atoms with Crippen molar-refractivity contribution in [2.24, 2.45) is 0 Å². The fraction of sp³-hybridized carbons (Fsp3) is 0.444. The molecule has 1 unspecified atom stereocenters. The number of hydrogen-bond acceptors (Lipinski definition) is 3. The second-order valence-corrected chi connectivity index (χ2v) is 7.35. The topological polar surface area (TPSA) is 47.4 Å². The second-order valence-electron chi connectivity index (χ2n) is 6.32. The molecule has 2 aromatic rings. The van der Waals surface area contributed by atoms with Crippen LogP contribution in [0.2, 0.25) is 0 Å². The standard InChI is InChI=1S/C18H20IN3O2/c19-17-14-9-10-21(18(23)13-6-2-1-3-7-13)12-15(14)20-22(17)16-8-4-5-11-24-16/h1-3,6-7,16H,4-5,8-12H2. The van der Waals surface area contributed by atoms with E-state index in [-0.39, 0.29) is 12.1 Å². The minimum Gasteiger partial charge on any atom is -0.356 e. The van der Waals surface area contributed by atoms with Crippen LogP contribution in [0.25, 0.3) is 0 Å². The molecule has 2 aliphatic heterocycles. The molecule has 5 nitrogen and oxygen atoms in total. The van der Waals surface area contributed by atoms with Gasteiger partial charge in [0.1, 0.15) is 3.70 Å². The Morgan fingerprint density at radius 3 is 2.83 bits per heavy atom. The molecule has 24 heavy (non-hydrogen) atoms. The van der Waals surface area contributed by atoms with Gasteiger partial charge < -0.3 is 9.64 Å². The van der Waals surface area contributed by atoms with Gasteiger partial charge in [0.25, 0.3) is 5.91 Å². The number of ether oxygens (including phenoxy) is 1. The van der Waals surface area contributed by atoms with E-state index in [1.807, 2.05) is 39.9 Å². The molecule has 6 heteroatoms. The molecule has 1 fully saturated rings. The number of carbonyl (C=O) groups excluding carboxylic acids is 1. The SMILES string of the molecule is O=C(c1ccccc1)N1CCc2c(nn(C3CCCCO3)c2I)C1. The number of aromatic nitrogens is 2. The highest BCUT2D eigenvalue weighted by Gasteiger charge is 2.29. The summed E-state index contributed by atoms with van der Waals surface area (Å²) in [5.74, 6) is 0.0831. The van der Waals surface area contributed by atoms with Crippen LogP contribution in [0.4, 0.5) is 0 Å². The van der Waals surface area contributed by atoms with Gasteiger partial charge in [-0.2, -0.15) is 5.10 Å². The summed E-state index contributed by atoms with van der Waals surface area (Å²) in [6.07, 6.45) is 4.24. The first-order chi connectivity index (χ1) is 11.7. The number of rotatable bonds is 2. The molecule has 0 saturated carbocycles. The van der Waals surface area contributed by atoms with E-state index in [1.54, 1.807) is 0 Å². The lowest BCUT2D eigenvalue weighted by atomic mass is 10.1. The van der Waals surface area contributed by atoms with E-state index in [2.05, 4.69) is 22.6 Å². The Morgan fingerprint density at radius 2 is 2.08 bits per heavy atom. The van der Waals surface area contributed by atoms with E-state index in [4.69, 9.17) is 9.84 Å². The molecule has 2 aliphatic rings. The predicted molar refractivity (Wildman–Crippen MR) is 98.7 cm³/mol. The van der Waals surface area contributed by atoms with Crippen LogP contribution in [0.5, 0.6) is 0 Å². The monoisotopic (exact) mass is 437 g/mol. The van der Waals surface area contributed by atoms with Crippen molar-refractivity contribution in [1.82, 2.24) is 14.7 Å². The van der Waals surface area contributed by atoms with Crippen LogP contribution < -0.4 is 0 Å². The fourth-order valence-electron chi connectivity index (χ4n) is 3.42. The van der Waals surface area contributed by atoms with Crippen molar-refractivity contribution in [3.05, 3.63) is 50.9 Å². The quantitative estimate of drug-likeness (QED) is 0.677. The van der Waals surface area contributed by atoms with Gasteiger partial charge in [0.2, 0.25) is 0 Å². The van der Waals surface area contributed by atoms with Crippen molar-refractivity contribution in [2.75, 3.05) is 13.2 Å². The highest BCUT2D eigenvalue weighted by molar-refractivity contribution is 14.1. The number of carbonyl (C=O) groups is 1. The molecule has 4 rings (SSSR count). The van der Waals surface area contributed by atoms with Crippen LogP contribution >= 0.6 is 22.6 Å². The molecule has 0 N–H and O–H groups in total. The van der Waals surface area contributed by atoms with Crippen LogP contribution in [0.3, 0.4) is 0 Å². The Morgan fingerprint density at radius 1 is 1.25 bits per heavy atom. The summed E-state index contributed by atoms with van der Waals surface area (Å²) < 4.78 is 9.08. The maximum Gasteiger partial charge on any atom is 0.254 e. The molecular weight excluding hydrogens is 417 g/mol. The van der Waals surface area contributed by atoms with Crippen molar-refractivity contribution in [2.45, 2.75) is 38.5 Å². The fourth-order valence-corrected chi connectivity index (χ4v) is 4.42. The third kappa shape index (κ3) is 2.97. The highest BCUT2D eigenvalue weighted by atomic mass is 127. The van der Waals surface area contributed by atoms with Gasteiger partial charge in [-0.15, -0.1) is 0 Å². The zero-order valence-corrected chi connectivity index (χ0v) is 15.6. The Bertz CT molecular complexity index is 738. The van der Waals surface area contributed by atoms with Gasteiger partial charge >= 0.3 is 0 Å². The van der Waals surface area contributed by atoms with Crippen molar-refractivity contribution in [3.8, 4) is 0 Å². The molecule has 1 saturated heterocycles. The average Bonchev–Trinajstić information content (AvgIpc) is 2.99. The molecule has 3 heterocycles. The first-order valence-electron chi connectivity index (χ1n) is 8.45. The first kappa shape index (κ1) is 16.1. The highest BCUT2D eigenvalue weighted by Crippen LogP contribution is 2.30. The van der Waals surface area contributed by atoms with Crippen LogP contribution in [-0.4, -0.2) is 33.7 Å². The molecule has 126 valence electrons. The summed E-state index contributed by atoms with van der Waals surface area (Å²) >= 11 is 2.37. The molecule has 1 aromatic heterocycles. The molecule has 0 radical (unpaired) electrons. The predicted octanol–water partition coefficient (Wildman–Crippen LogP) is 3.39. The molecule has 0 bridgehead atoms. The summed E-state index contributed by atoms with van der Waals surface area (Å²) in [5.41, 5.74) is 3.04. The maximum atomic E-state index is 12.7. The minimum absolute atomic E-state index is 0.0505. The average molecular weight is 437 g/mol. The Kier molecular flexibility index (Phi) is 4.58. The number of fused-ring (bicyclic) bond motifs is 1. The van der Waals surface area contributed by atoms with Crippen LogP contribution in [-0.2, 0) is 17.7 Å². The Labute approximate surface area is 155 Å². The smallest absolute Gasteiger partial charge is 0.254 e. The lowest BCUT2D eigenvalue weighted by Gasteiger charge is -2.26. The van der Waals surface area contributed by atoms with Crippen molar-refractivity contribution in [1.29, 1.82) is 0 Å². The van der Waals surface area contributed by atoms with E-state index in [9.17, 15) is 4.79 Å². The molecule has 0 aliphatic carbocycles. The zero-order valence-electron chi connectivity index (χ0n) is 13.4. The maximum absolute atomic E-state index is 12.7. The summed E-state index contributed by atoms with van der Waals surface area (Å²) in [4.78, 5) is 14.6. The van der Waals surface area contributed by atoms with E-state index < -0.39 is 0 Å². The minimum atomic E-state index is 0.0505. The molecule has 1 amide bonds. The van der Waals surface area contributed by atoms with Gasteiger partial charge in [0, 0.05) is 24.3 Å². The van der Waals surface area contributed by atoms with Gasteiger partial charge in [-0.3, -0.25) is 4.79 Å². The second kappa shape index (κ2) is 6.84. The Hall–Kier alpha value is -1.41. The largest absolute Gasteiger partial charge is 0.356 e. The van der Waals surface area contributed by atoms with Gasteiger partial charge in [-0.1, -0.05) is 18.2 Å². The summed E-state index contributed by atoms with van der Waals surface area (Å²) in [6, 6.07) is 9.48. The number of benzene rings is 1. The number of halogens is 1. The molecule has 1 atom stereocenters. The zero-order chi connectivity index (χ0) is 16.5. The van der Waals surface area contributed by atoms with Crippen LogP contribution in [0.15, 0.2) is 30.3 Å². The summed E-state index contributed by atoms with van der Waals surface area (Å²) in [5, 5.41) is 4.79. The Balaban J connectivity index is 1.56. The van der Waals surface area contributed by atoms with Crippen molar-refractivity contribution in [3.63, 3.8) is 0 Å². The van der Waals surface area contributed by atoms with Gasteiger partial charge in [0.05, 0.1) is 12.2 Å². The van der Waals surface area contributed by atoms with Gasteiger partial charge in [0.15, 0.2) is 6.23 Å². The third-order valence-corrected chi connectivity index (χ3v) is 5.88. The summed E-state index contributed by atoms with van der Waals surface area (Å²) in [6.45, 7) is 2.14. The first-order valence-corrected chi connectivity index (χ1v) is 9.53. The van der Waals surface area contributed by atoms with Gasteiger partial charge in [-0.25, -0.2) is 4.68 Å². The van der Waals surface area contributed by atoms with E-state index >= 15 is 0 Å². The van der Waals surface area contributed by atoms with E-state index in [0.717, 1.165) is 43.7 Å². The van der Waals surface area contributed by atoms with Crippen LogP contribution in [0.1, 0.15) is 47.1 Å². The normalized spacial score (nSPS) is 20.7. The van der Waals surface area contributed by atoms with E-state index in [0.29, 0.717) is 6.54 Å². The van der Waals surface area contributed by atoms with Crippen molar-refractivity contribution >= 4 is 28.5 Å². The van der Waals surface area contributed by atoms with Gasteiger partial charge in [-0.05, 0) is 60.4 Å². The molecular formula is C18H20IN3O2.